The number of hydrogen-bond donors (Lipinski definition) is 1. The van der Waals surface area contributed by atoms with Crippen LogP contribution in [0.1, 0.15) is 20.9 Å². The summed E-state index contributed by atoms with van der Waals surface area (Å²) in [5.41, 5.74) is 3.10. The molecule has 4 rings (SSSR count). The van der Waals surface area contributed by atoms with Crippen LogP contribution in [0, 0.1) is 19.7 Å². The number of nitrogens with zero attached hydrogens (tertiary/aromatic N) is 2. The van der Waals surface area contributed by atoms with E-state index in [4.69, 9.17) is 4.74 Å². The van der Waals surface area contributed by atoms with Gasteiger partial charge in [-0.2, -0.15) is 0 Å². The lowest BCUT2D eigenvalue weighted by atomic mass is 10.2. The number of aryl methyl sites for hydroxylation is 2. The fraction of sp³-hybridized carbons (Fsp3) is 0.143. The lowest BCUT2D eigenvalue weighted by molar-refractivity contribution is -0.119. The van der Waals surface area contributed by atoms with Crippen molar-refractivity contribution >= 4 is 49.9 Å². The highest BCUT2D eigenvalue weighted by molar-refractivity contribution is 7.22. The quantitative estimate of drug-likeness (QED) is 0.442. The second-order valence-electron chi connectivity index (χ2n) is 6.55. The number of fused-ring (bicyclic) bond motifs is 1. The highest BCUT2D eigenvalue weighted by Gasteiger charge is 2.19. The first kappa shape index (κ1) is 20.1. The predicted molar refractivity (Wildman–Crippen MR) is 116 cm³/mol. The van der Waals surface area contributed by atoms with Crippen LogP contribution in [0.15, 0.2) is 42.5 Å². The van der Waals surface area contributed by atoms with Gasteiger partial charge in [-0.15, -0.1) is 11.3 Å². The van der Waals surface area contributed by atoms with E-state index in [9.17, 15) is 14.0 Å². The highest BCUT2D eigenvalue weighted by Crippen LogP contribution is 2.29. The van der Waals surface area contributed by atoms with Crippen molar-refractivity contribution in [2.75, 3.05) is 11.9 Å². The molecule has 4 aromatic rings. The molecule has 0 atom stereocenters. The summed E-state index contributed by atoms with van der Waals surface area (Å²) >= 11 is 2.49. The number of ether oxygens (including phenoxy) is 1. The smallest absolute Gasteiger partial charge is 0.350 e. The Labute approximate surface area is 179 Å². The second-order valence-corrected chi connectivity index (χ2v) is 8.58. The second kappa shape index (κ2) is 8.29. The number of carbonyl (C=O) groups excluding carboxylic acids is 2. The van der Waals surface area contributed by atoms with Crippen molar-refractivity contribution in [1.29, 1.82) is 0 Å². The van der Waals surface area contributed by atoms with Crippen LogP contribution in [0.4, 0.5) is 9.52 Å². The van der Waals surface area contributed by atoms with Gasteiger partial charge in [-0.3, -0.25) is 10.1 Å². The van der Waals surface area contributed by atoms with Gasteiger partial charge in [-0.25, -0.2) is 19.2 Å². The Bertz CT molecular complexity index is 1250. The first-order chi connectivity index (χ1) is 14.4. The Kier molecular flexibility index (Phi) is 5.56. The van der Waals surface area contributed by atoms with E-state index in [0.29, 0.717) is 26.3 Å². The molecule has 0 saturated heterocycles. The van der Waals surface area contributed by atoms with Crippen LogP contribution < -0.4 is 5.32 Å². The molecule has 2 aromatic heterocycles. The van der Waals surface area contributed by atoms with Crippen LogP contribution in [0.2, 0.25) is 0 Å². The highest BCUT2D eigenvalue weighted by atomic mass is 32.1. The zero-order chi connectivity index (χ0) is 21.3. The van der Waals surface area contributed by atoms with Crippen molar-refractivity contribution in [1.82, 2.24) is 9.97 Å². The first-order valence-electron chi connectivity index (χ1n) is 8.96. The minimum Gasteiger partial charge on any atom is -0.451 e. The van der Waals surface area contributed by atoms with Crippen molar-refractivity contribution < 1.29 is 18.7 Å². The summed E-state index contributed by atoms with van der Waals surface area (Å²) in [6, 6.07) is 11.7. The van der Waals surface area contributed by atoms with Gasteiger partial charge in [0.2, 0.25) is 0 Å². The lowest BCUT2D eigenvalue weighted by Crippen LogP contribution is -2.20. The number of benzene rings is 2. The van der Waals surface area contributed by atoms with Gasteiger partial charge >= 0.3 is 5.97 Å². The molecule has 0 bridgehead atoms. The molecule has 1 amide bonds. The summed E-state index contributed by atoms with van der Waals surface area (Å²) in [5.74, 6) is -1.45. The van der Waals surface area contributed by atoms with Gasteiger partial charge in [0.1, 0.15) is 15.7 Å². The number of carbonyl (C=O) groups is 2. The number of hydrogen-bond acceptors (Lipinski definition) is 7. The van der Waals surface area contributed by atoms with E-state index < -0.39 is 18.5 Å². The minimum absolute atomic E-state index is 0.303. The Hall–Kier alpha value is -3.17. The van der Waals surface area contributed by atoms with E-state index in [-0.39, 0.29) is 5.82 Å². The molecular formula is C21H16FN3O3S2. The normalized spacial score (nSPS) is 10.9. The number of nitrogens with one attached hydrogen (secondary N) is 1. The molecule has 0 spiro atoms. The molecule has 0 aliphatic heterocycles. The molecular weight excluding hydrogens is 425 g/mol. The molecule has 2 heterocycles. The molecule has 152 valence electrons. The largest absolute Gasteiger partial charge is 0.451 e. The average molecular weight is 442 g/mol. The molecule has 0 aliphatic rings. The predicted octanol–water partition coefficient (Wildman–Crippen LogP) is 4.97. The Balaban J connectivity index is 1.39. The molecule has 30 heavy (non-hydrogen) atoms. The number of anilines is 1. The van der Waals surface area contributed by atoms with E-state index in [1.54, 1.807) is 19.1 Å². The number of rotatable bonds is 5. The van der Waals surface area contributed by atoms with Crippen LogP contribution in [0.3, 0.4) is 0 Å². The number of aromatic nitrogens is 2. The summed E-state index contributed by atoms with van der Waals surface area (Å²) in [5, 5.41) is 3.68. The van der Waals surface area contributed by atoms with Crippen LogP contribution >= 0.6 is 22.7 Å². The van der Waals surface area contributed by atoms with Crippen molar-refractivity contribution in [2.45, 2.75) is 13.8 Å². The van der Waals surface area contributed by atoms with Crippen molar-refractivity contribution in [3.05, 3.63) is 64.4 Å². The van der Waals surface area contributed by atoms with E-state index in [1.807, 2.05) is 25.1 Å². The fourth-order valence-corrected chi connectivity index (χ4v) is 4.68. The van der Waals surface area contributed by atoms with Crippen LogP contribution in [-0.2, 0) is 9.53 Å². The van der Waals surface area contributed by atoms with Gasteiger partial charge in [-0.1, -0.05) is 17.4 Å². The first-order valence-corrected chi connectivity index (χ1v) is 10.6. The molecule has 0 fully saturated rings. The fourth-order valence-electron chi connectivity index (χ4n) is 2.74. The van der Waals surface area contributed by atoms with Crippen molar-refractivity contribution in [3.8, 4) is 10.6 Å². The van der Waals surface area contributed by atoms with Gasteiger partial charge in [0.05, 0.1) is 15.9 Å². The molecule has 6 nitrogen and oxygen atoms in total. The summed E-state index contributed by atoms with van der Waals surface area (Å²) in [6.07, 6.45) is 0. The Morgan fingerprint density at radius 2 is 1.83 bits per heavy atom. The third-order valence-electron chi connectivity index (χ3n) is 4.20. The summed E-state index contributed by atoms with van der Waals surface area (Å²) in [7, 11) is 0. The van der Waals surface area contributed by atoms with Gasteiger partial charge in [0, 0.05) is 5.56 Å². The molecule has 9 heteroatoms. The molecule has 0 saturated carbocycles. The Morgan fingerprint density at radius 3 is 2.60 bits per heavy atom. The van der Waals surface area contributed by atoms with Gasteiger partial charge in [-0.05, 0) is 55.8 Å². The Morgan fingerprint density at radius 1 is 1.07 bits per heavy atom. The standard InChI is InChI=1S/C21H16FN3O3S2/c1-11-3-8-15-16(9-11)29-21(24-15)25-17(26)10-28-20(27)18-12(2)23-19(30-18)13-4-6-14(22)7-5-13/h3-9H,10H2,1-2H3,(H,24,25,26). The number of thiazole rings is 2. The SMILES string of the molecule is Cc1ccc2nc(NC(=O)COC(=O)c3sc(-c4ccc(F)cc4)nc3C)sc2c1. The topological polar surface area (TPSA) is 81.2 Å². The summed E-state index contributed by atoms with van der Waals surface area (Å²) < 4.78 is 19.2. The van der Waals surface area contributed by atoms with Gasteiger partial charge < -0.3 is 4.74 Å². The molecule has 0 radical (unpaired) electrons. The van der Waals surface area contributed by atoms with Gasteiger partial charge in [0.25, 0.3) is 5.91 Å². The van der Waals surface area contributed by atoms with E-state index >= 15 is 0 Å². The van der Waals surface area contributed by atoms with Crippen molar-refractivity contribution in [2.24, 2.45) is 0 Å². The third kappa shape index (κ3) is 4.37. The average Bonchev–Trinajstić information content (AvgIpc) is 3.29. The van der Waals surface area contributed by atoms with Gasteiger partial charge in [0.15, 0.2) is 11.7 Å². The molecule has 2 aromatic carbocycles. The summed E-state index contributed by atoms with van der Waals surface area (Å²) in [6.45, 7) is 3.24. The maximum Gasteiger partial charge on any atom is 0.350 e. The minimum atomic E-state index is -0.631. The van der Waals surface area contributed by atoms with Crippen LogP contribution in [0.25, 0.3) is 20.8 Å². The monoisotopic (exact) mass is 441 g/mol. The maximum absolute atomic E-state index is 13.1. The van der Waals surface area contributed by atoms with Crippen molar-refractivity contribution in [3.63, 3.8) is 0 Å². The molecule has 0 aliphatic carbocycles. The molecule has 1 N–H and O–H groups in total. The van der Waals surface area contributed by atoms with E-state index in [2.05, 4.69) is 15.3 Å². The lowest BCUT2D eigenvalue weighted by Gasteiger charge is -2.03. The van der Waals surface area contributed by atoms with Crippen LogP contribution in [-0.4, -0.2) is 28.5 Å². The summed E-state index contributed by atoms with van der Waals surface area (Å²) in [4.78, 5) is 33.6. The maximum atomic E-state index is 13.1. The number of amides is 1. The number of halogens is 1. The molecule has 0 unspecified atom stereocenters. The third-order valence-corrected chi connectivity index (χ3v) is 6.32. The zero-order valence-corrected chi connectivity index (χ0v) is 17.7. The zero-order valence-electron chi connectivity index (χ0n) is 16.1. The van der Waals surface area contributed by atoms with E-state index in [1.165, 1.54) is 23.5 Å². The number of esters is 1. The van der Waals surface area contributed by atoms with Crippen LogP contribution in [0.5, 0.6) is 0 Å². The van der Waals surface area contributed by atoms with E-state index in [0.717, 1.165) is 27.1 Å².